The number of carbonyl (C=O) groups excluding carboxylic acids is 3. The van der Waals surface area contributed by atoms with E-state index in [0.29, 0.717) is 5.56 Å². The van der Waals surface area contributed by atoms with E-state index in [0.717, 1.165) is 21.5 Å². The Labute approximate surface area is 145 Å². The van der Waals surface area contributed by atoms with E-state index in [4.69, 9.17) is 0 Å². The molecule has 11 heteroatoms. The first kappa shape index (κ1) is 17.0. The van der Waals surface area contributed by atoms with E-state index in [1.54, 1.807) is 0 Å². The van der Waals surface area contributed by atoms with Crippen LogP contribution in [-0.2, 0) is 16.1 Å². The molecule has 1 N–H and O–H groups in total. The Morgan fingerprint density at radius 3 is 2.72 bits per heavy atom. The number of aromatic nitrogens is 4. The molecule has 0 radical (unpaired) electrons. The fraction of sp³-hybridized carbons (Fsp3) is 0.286. The second-order valence-electron chi connectivity index (χ2n) is 5.10. The molecular weight excluding hydrogens is 351 g/mol. The Bertz CT molecular complexity index is 793. The van der Waals surface area contributed by atoms with Gasteiger partial charge in [0, 0.05) is 18.7 Å². The van der Waals surface area contributed by atoms with Crippen molar-refractivity contribution in [3.63, 3.8) is 0 Å². The number of imide groups is 1. The van der Waals surface area contributed by atoms with Crippen LogP contribution in [0.3, 0.4) is 0 Å². The Kier molecular flexibility index (Phi) is 5.03. The van der Waals surface area contributed by atoms with Gasteiger partial charge in [0.05, 0.1) is 5.75 Å². The smallest absolute Gasteiger partial charge is 0.288 e. The number of nitrogens with zero attached hydrogens (tertiary/aromatic N) is 5. The van der Waals surface area contributed by atoms with Crippen LogP contribution < -0.4 is 5.32 Å². The fourth-order valence-corrected chi connectivity index (χ4v) is 2.87. The number of thioether (sulfide) groups is 1. The highest BCUT2D eigenvalue weighted by molar-refractivity contribution is 8.14. The van der Waals surface area contributed by atoms with Gasteiger partial charge < -0.3 is 5.32 Å². The maximum Gasteiger partial charge on any atom is 0.288 e. The van der Waals surface area contributed by atoms with Gasteiger partial charge in [0.25, 0.3) is 5.24 Å². The van der Waals surface area contributed by atoms with Gasteiger partial charge in [-0.15, -0.1) is 10.2 Å². The number of nitrogens with one attached hydrogen (secondary N) is 1. The average molecular weight is 364 g/mol. The zero-order valence-electron chi connectivity index (χ0n) is 12.9. The highest BCUT2D eigenvalue weighted by Gasteiger charge is 2.29. The third kappa shape index (κ3) is 4.18. The molecule has 25 heavy (non-hydrogen) atoms. The minimum absolute atomic E-state index is 0.127. The maximum absolute atomic E-state index is 12.9. The van der Waals surface area contributed by atoms with Crippen LogP contribution in [0.4, 0.5) is 9.18 Å². The summed E-state index contributed by atoms with van der Waals surface area (Å²) >= 11 is 0.945. The van der Waals surface area contributed by atoms with Crippen LogP contribution >= 0.6 is 11.8 Å². The van der Waals surface area contributed by atoms with Gasteiger partial charge in [0.15, 0.2) is 0 Å². The van der Waals surface area contributed by atoms with Crippen molar-refractivity contribution in [2.45, 2.75) is 6.54 Å². The van der Waals surface area contributed by atoms with E-state index in [-0.39, 0.29) is 54.1 Å². The lowest BCUT2D eigenvalue weighted by molar-refractivity contribution is -0.126. The molecule has 0 spiro atoms. The lowest BCUT2D eigenvalue weighted by atomic mass is 10.2. The molecule has 1 fully saturated rings. The zero-order chi connectivity index (χ0) is 17.8. The first-order chi connectivity index (χ1) is 12.0. The van der Waals surface area contributed by atoms with E-state index in [2.05, 4.69) is 20.7 Å². The number of tetrazole rings is 1. The monoisotopic (exact) mass is 364 g/mol. The van der Waals surface area contributed by atoms with E-state index in [1.807, 2.05) is 0 Å². The molecule has 9 nitrogen and oxygen atoms in total. The summed E-state index contributed by atoms with van der Waals surface area (Å²) in [5.41, 5.74) is 0.580. The molecule has 0 aliphatic carbocycles. The van der Waals surface area contributed by atoms with Crippen LogP contribution in [0, 0.1) is 5.82 Å². The van der Waals surface area contributed by atoms with Gasteiger partial charge in [-0.1, -0.05) is 11.8 Å². The third-order valence-corrected chi connectivity index (χ3v) is 4.20. The first-order valence-corrected chi connectivity index (χ1v) is 8.29. The van der Waals surface area contributed by atoms with E-state index < -0.39 is 0 Å². The molecule has 3 rings (SSSR count). The molecule has 0 atom stereocenters. The van der Waals surface area contributed by atoms with Gasteiger partial charge in [-0.2, -0.15) is 4.80 Å². The van der Waals surface area contributed by atoms with Gasteiger partial charge >= 0.3 is 0 Å². The summed E-state index contributed by atoms with van der Waals surface area (Å²) in [6.45, 7) is 0.114. The molecule has 2 aromatic rings. The van der Waals surface area contributed by atoms with Crippen molar-refractivity contribution in [1.82, 2.24) is 30.4 Å². The number of rotatable bonds is 6. The summed E-state index contributed by atoms with van der Waals surface area (Å²) < 4.78 is 12.9. The highest BCUT2D eigenvalue weighted by Crippen LogP contribution is 2.17. The highest BCUT2D eigenvalue weighted by atomic mass is 32.2. The quantitative estimate of drug-likeness (QED) is 0.784. The molecule has 0 unspecified atom stereocenters. The second-order valence-corrected chi connectivity index (χ2v) is 6.03. The standard InChI is InChI=1S/C14H13FN6O3S/c15-10-3-1-9(2-4-10)13-17-19-21(18-13)7-11(22)16-5-6-20-12(23)8-25-14(20)24/h1-4H,5-8H2,(H,16,22). The molecule has 1 aromatic heterocycles. The van der Waals surface area contributed by atoms with Crippen LogP contribution in [0.15, 0.2) is 24.3 Å². The Hall–Kier alpha value is -2.82. The molecule has 0 bridgehead atoms. The number of hydrogen-bond donors (Lipinski definition) is 1. The van der Waals surface area contributed by atoms with Crippen LogP contribution in [0.5, 0.6) is 0 Å². The van der Waals surface area contributed by atoms with Gasteiger partial charge in [-0.05, 0) is 29.5 Å². The average Bonchev–Trinajstić information content (AvgIpc) is 3.17. The predicted molar refractivity (Wildman–Crippen MR) is 85.8 cm³/mol. The normalized spacial score (nSPS) is 14.2. The lowest BCUT2D eigenvalue weighted by Gasteiger charge is -2.12. The minimum atomic E-state index is -0.380. The van der Waals surface area contributed by atoms with Gasteiger partial charge in [-0.3, -0.25) is 19.3 Å². The molecule has 3 amide bonds. The summed E-state index contributed by atoms with van der Waals surface area (Å²) in [5.74, 6) is -0.593. The van der Waals surface area contributed by atoms with Crippen LogP contribution in [0.25, 0.3) is 11.4 Å². The molecule has 2 heterocycles. The first-order valence-electron chi connectivity index (χ1n) is 7.30. The fourth-order valence-electron chi connectivity index (χ4n) is 2.11. The number of carbonyl (C=O) groups is 3. The van der Waals surface area contributed by atoms with Crippen LogP contribution in [-0.4, -0.2) is 61.0 Å². The lowest BCUT2D eigenvalue weighted by Crippen LogP contribution is -2.38. The van der Waals surface area contributed by atoms with Gasteiger partial charge in [0.1, 0.15) is 12.4 Å². The Balaban J connectivity index is 1.49. The van der Waals surface area contributed by atoms with Crippen molar-refractivity contribution < 1.29 is 18.8 Å². The predicted octanol–water partition coefficient (Wildman–Crippen LogP) is 0.291. The van der Waals surface area contributed by atoms with Crippen molar-refractivity contribution in [2.24, 2.45) is 0 Å². The minimum Gasteiger partial charge on any atom is -0.353 e. The molecule has 130 valence electrons. The number of benzene rings is 1. The summed E-state index contributed by atoms with van der Waals surface area (Å²) in [4.78, 5) is 36.9. The molecule has 1 aliphatic rings. The SMILES string of the molecule is O=C(Cn1nnc(-c2ccc(F)cc2)n1)NCCN1C(=O)CSC1=O. The summed E-state index contributed by atoms with van der Waals surface area (Å²) in [6, 6.07) is 5.58. The zero-order valence-corrected chi connectivity index (χ0v) is 13.7. The summed E-state index contributed by atoms with van der Waals surface area (Å²) in [5, 5.41) is 13.9. The number of halogens is 1. The second kappa shape index (κ2) is 7.38. The molecule has 1 aromatic carbocycles. The molecule has 1 aliphatic heterocycles. The maximum atomic E-state index is 12.9. The van der Waals surface area contributed by atoms with Crippen LogP contribution in [0.1, 0.15) is 0 Å². The van der Waals surface area contributed by atoms with Gasteiger partial charge in [0.2, 0.25) is 17.6 Å². The third-order valence-electron chi connectivity index (χ3n) is 3.34. The summed E-state index contributed by atoms with van der Waals surface area (Å²) in [6.07, 6.45) is 0. The van der Waals surface area contributed by atoms with Crippen LogP contribution in [0.2, 0.25) is 0 Å². The summed E-state index contributed by atoms with van der Waals surface area (Å²) in [7, 11) is 0. The van der Waals surface area contributed by atoms with Crippen molar-refractivity contribution in [3.05, 3.63) is 30.1 Å². The number of hydrogen-bond acceptors (Lipinski definition) is 7. The Morgan fingerprint density at radius 2 is 2.04 bits per heavy atom. The Morgan fingerprint density at radius 1 is 1.28 bits per heavy atom. The van der Waals surface area contributed by atoms with Crippen molar-refractivity contribution >= 4 is 28.8 Å². The van der Waals surface area contributed by atoms with Crippen molar-refractivity contribution in [2.75, 3.05) is 18.8 Å². The molecule has 1 saturated heterocycles. The molecular formula is C14H13FN6O3S. The van der Waals surface area contributed by atoms with Crippen molar-refractivity contribution in [3.8, 4) is 11.4 Å². The van der Waals surface area contributed by atoms with E-state index in [9.17, 15) is 18.8 Å². The number of amides is 3. The van der Waals surface area contributed by atoms with E-state index in [1.165, 1.54) is 24.3 Å². The van der Waals surface area contributed by atoms with Gasteiger partial charge in [-0.25, -0.2) is 4.39 Å². The van der Waals surface area contributed by atoms with E-state index >= 15 is 0 Å². The molecule has 0 saturated carbocycles. The largest absolute Gasteiger partial charge is 0.353 e. The topological polar surface area (TPSA) is 110 Å². The van der Waals surface area contributed by atoms with Crippen molar-refractivity contribution in [1.29, 1.82) is 0 Å².